The predicted molar refractivity (Wildman–Crippen MR) is 85.9 cm³/mol. The average molecular weight is 365 g/mol. The summed E-state index contributed by atoms with van der Waals surface area (Å²) < 4.78 is 12.1. The van der Waals surface area contributed by atoms with Gasteiger partial charge >= 0.3 is 0 Å². The number of ether oxygens (including phenoxy) is 1. The fourth-order valence-electron chi connectivity index (χ4n) is 2.11. The summed E-state index contributed by atoms with van der Waals surface area (Å²) in [6.45, 7) is 2.89. The van der Waals surface area contributed by atoms with Gasteiger partial charge in [-0.05, 0) is 30.3 Å². The van der Waals surface area contributed by atoms with Crippen molar-refractivity contribution in [3.8, 4) is 5.75 Å². The molecule has 2 aromatic rings. The maximum atomic E-state index is 11.9. The van der Waals surface area contributed by atoms with Crippen molar-refractivity contribution >= 4 is 21.8 Å². The first kappa shape index (κ1) is 15.1. The van der Waals surface area contributed by atoms with Gasteiger partial charge in [0.25, 0.3) is 5.91 Å². The zero-order valence-electron chi connectivity index (χ0n) is 12.0. The molecule has 22 heavy (non-hydrogen) atoms. The highest BCUT2D eigenvalue weighted by molar-refractivity contribution is 9.10. The summed E-state index contributed by atoms with van der Waals surface area (Å²) in [4.78, 5) is 11.9. The van der Waals surface area contributed by atoms with E-state index in [1.54, 1.807) is 12.1 Å². The molecule has 5 nitrogen and oxygen atoms in total. The zero-order valence-corrected chi connectivity index (χ0v) is 13.6. The Morgan fingerprint density at radius 2 is 2.23 bits per heavy atom. The summed E-state index contributed by atoms with van der Waals surface area (Å²) >= 11 is 3.39. The van der Waals surface area contributed by atoms with Crippen LogP contribution in [0.4, 0.5) is 0 Å². The summed E-state index contributed by atoms with van der Waals surface area (Å²) in [6, 6.07) is 11.0. The molecule has 0 aliphatic carbocycles. The molecule has 0 unspecified atom stereocenters. The van der Waals surface area contributed by atoms with Crippen LogP contribution in [0.2, 0.25) is 0 Å². The number of benzene rings is 1. The number of furan rings is 1. The number of rotatable bonds is 6. The lowest BCUT2D eigenvalue weighted by atomic mass is 10.0. The van der Waals surface area contributed by atoms with Crippen molar-refractivity contribution in [3.63, 3.8) is 0 Å². The summed E-state index contributed by atoms with van der Waals surface area (Å²) in [5, 5.41) is 6.05. The van der Waals surface area contributed by atoms with Crippen LogP contribution < -0.4 is 15.4 Å². The third kappa shape index (κ3) is 3.90. The minimum Gasteiger partial charge on any atom is -0.486 e. The Balaban J connectivity index is 1.50. The van der Waals surface area contributed by atoms with Gasteiger partial charge in [-0.1, -0.05) is 22.0 Å². The molecule has 0 bridgehead atoms. The Morgan fingerprint density at radius 3 is 2.95 bits per heavy atom. The normalized spacial score (nSPS) is 14.4. The molecule has 0 saturated carbocycles. The van der Waals surface area contributed by atoms with Crippen LogP contribution >= 0.6 is 15.9 Å². The molecule has 0 atom stereocenters. The van der Waals surface area contributed by atoms with Gasteiger partial charge in [0.15, 0.2) is 5.76 Å². The van der Waals surface area contributed by atoms with Crippen LogP contribution in [0.1, 0.15) is 16.3 Å². The minimum atomic E-state index is -0.180. The van der Waals surface area contributed by atoms with Crippen molar-refractivity contribution < 1.29 is 13.9 Å². The molecule has 0 spiro atoms. The number of carbonyl (C=O) groups excluding carboxylic acids is 1. The molecule has 2 heterocycles. The molecule has 1 fully saturated rings. The third-order valence-corrected chi connectivity index (χ3v) is 3.97. The van der Waals surface area contributed by atoms with E-state index < -0.39 is 0 Å². The molecule has 116 valence electrons. The summed E-state index contributed by atoms with van der Waals surface area (Å²) in [7, 11) is 0. The first-order chi connectivity index (χ1) is 10.7. The lowest BCUT2D eigenvalue weighted by molar-refractivity contribution is 0.0910. The van der Waals surface area contributed by atoms with Crippen molar-refractivity contribution in [3.05, 3.63) is 52.4 Å². The topological polar surface area (TPSA) is 63.5 Å². The molecule has 1 saturated heterocycles. The number of carbonyl (C=O) groups is 1. The second kappa shape index (κ2) is 6.98. The first-order valence-electron chi connectivity index (χ1n) is 7.17. The number of amides is 1. The molecule has 2 N–H and O–H groups in total. The van der Waals surface area contributed by atoms with Crippen molar-refractivity contribution in [2.45, 2.75) is 6.61 Å². The Kier molecular flexibility index (Phi) is 4.80. The molecule has 1 aliphatic rings. The van der Waals surface area contributed by atoms with E-state index in [-0.39, 0.29) is 12.5 Å². The largest absolute Gasteiger partial charge is 0.486 e. The van der Waals surface area contributed by atoms with Crippen LogP contribution in [0.25, 0.3) is 0 Å². The van der Waals surface area contributed by atoms with Crippen LogP contribution in [0.5, 0.6) is 5.75 Å². The highest BCUT2D eigenvalue weighted by atomic mass is 79.9. The molecular formula is C16H17BrN2O3. The summed E-state index contributed by atoms with van der Waals surface area (Å²) in [6.07, 6.45) is 0. The number of hydrogen-bond acceptors (Lipinski definition) is 4. The van der Waals surface area contributed by atoms with E-state index in [0.29, 0.717) is 24.0 Å². The lowest BCUT2D eigenvalue weighted by Crippen LogP contribution is -2.48. The van der Waals surface area contributed by atoms with Crippen molar-refractivity contribution in [1.82, 2.24) is 10.6 Å². The molecular weight excluding hydrogens is 348 g/mol. The standard InChI is InChI=1S/C16H17BrN2O3/c17-12-2-1-3-13(6-12)21-10-14-4-5-15(22-14)16(20)19-9-11-7-18-8-11/h1-6,11,18H,7-10H2,(H,19,20). The van der Waals surface area contributed by atoms with Gasteiger partial charge in [-0.15, -0.1) is 0 Å². The summed E-state index contributed by atoms with van der Waals surface area (Å²) in [5.74, 6) is 2.03. The van der Waals surface area contributed by atoms with Gasteiger partial charge in [0, 0.05) is 30.0 Å². The maximum absolute atomic E-state index is 11.9. The van der Waals surface area contributed by atoms with Gasteiger partial charge in [-0.2, -0.15) is 0 Å². The van der Waals surface area contributed by atoms with Crippen molar-refractivity contribution in [2.24, 2.45) is 5.92 Å². The van der Waals surface area contributed by atoms with Crippen LogP contribution in [0.3, 0.4) is 0 Å². The summed E-state index contributed by atoms with van der Waals surface area (Å²) in [5.41, 5.74) is 0. The molecule has 0 radical (unpaired) electrons. The van der Waals surface area contributed by atoms with E-state index >= 15 is 0 Å². The SMILES string of the molecule is O=C(NCC1CNC1)c1ccc(COc2cccc(Br)c2)o1. The third-order valence-electron chi connectivity index (χ3n) is 3.48. The Hall–Kier alpha value is -1.79. The van der Waals surface area contributed by atoms with E-state index in [1.807, 2.05) is 24.3 Å². The molecule has 3 rings (SSSR count). The van der Waals surface area contributed by atoms with Crippen molar-refractivity contribution in [2.75, 3.05) is 19.6 Å². The van der Waals surface area contributed by atoms with Crippen molar-refractivity contribution in [1.29, 1.82) is 0 Å². The van der Waals surface area contributed by atoms with Gasteiger partial charge in [0.1, 0.15) is 18.1 Å². The van der Waals surface area contributed by atoms with Crippen LogP contribution in [0.15, 0.2) is 45.3 Å². The van der Waals surface area contributed by atoms with E-state index in [2.05, 4.69) is 26.6 Å². The fourth-order valence-corrected chi connectivity index (χ4v) is 2.48. The Morgan fingerprint density at radius 1 is 1.36 bits per heavy atom. The van der Waals surface area contributed by atoms with E-state index in [0.717, 1.165) is 23.3 Å². The Bertz CT molecular complexity index is 652. The average Bonchev–Trinajstić information content (AvgIpc) is 2.92. The van der Waals surface area contributed by atoms with Crippen LogP contribution in [-0.4, -0.2) is 25.5 Å². The van der Waals surface area contributed by atoms with Gasteiger partial charge < -0.3 is 19.8 Å². The zero-order chi connectivity index (χ0) is 15.4. The second-order valence-corrected chi connectivity index (χ2v) is 6.16. The monoisotopic (exact) mass is 364 g/mol. The highest BCUT2D eigenvalue weighted by Gasteiger charge is 2.18. The minimum absolute atomic E-state index is 0.180. The highest BCUT2D eigenvalue weighted by Crippen LogP contribution is 2.19. The lowest BCUT2D eigenvalue weighted by Gasteiger charge is -2.26. The van der Waals surface area contributed by atoms with E-state index in [4.69, 9.17) is 9.15 Å². The number of hydrogen-bond donors (Lipinski definition) is 2. The van der Waals surface area contributed by atoms with E-state index in [9.17, 15) is 4.79 Å². The van der Waals surface area contributed by atoms with Crippen LogP contribution in [0, 0.1) is 5.92 Å². The first-order valence-corrected chi connectivity index (χ1v) is 7.96. The fraction of sp³-hybridized carbons (Fsp3) is 0.312. The van der Waals surface area contributed by atoms with Crippen LogP contribution in [-0.2, 0) is 6.61 Å². The molecule has 1 aromatic carbocycles. The number of halogens is 1. The smallest absolute Gasteiger partial charge is 0.287 e. The molecule has 1 aliphatic heterocycles. The van der Waals surface area contributed by atoms with E-state index in [1.165, 1.54) is 0 Å². The van der Waals surface area contributed by atoms with Gasteiger partial charge in [-0.3, -0.25) is 4.79 Å². The quantitative estimate of drug-likeness (QED) is 0.826. The van der Waals surface area contributed by atoms with Gasteiger partial charge in [-0.25, -0.2) is 0 Å². The molecule has 1 aromatic heterocycles. The Labute approximate surface area is 137 Å². The molecule has 6 heteroatoms. The number of nitrogens with one attached hydrogen (secondary N) is 2. The van der Waals surface area contributed by atoms with Gasteiger partial charge in [0.2, 0.25) is 0 Å². The second-order valence-electron chi connectivity index (χ2n) is 5.25. The maximum Gasteiger partial charge on any atom is 0.287 e. The predicted octanol–water partition coefficient (Wildman–Crippen LogP) is 2.57. The van der Waals surface area contributed by atoms with Gasteiger partial charge in [0.05, 0.1) is 0 Å². The molecule has 1 amide bonds.